The average molecular weight is 615 g/mol. The maximum Gasteiger partial charge on any atom is 0.387 e. The van der Waals surface area contributed by atoms with Gasteiger partial charge in [-0.1, -0.05) is 11.6 Å². The van der Waals surface area contributed by atoms with Crippen LogP contribution in [0.15, 0.2) is 48.9 Å². The Labute approximate surface area is 250 Å². The average Bonchev–Trinajstić information content (AvgIpc) is 3.62. The number of amides is 2. The van der Waals surface area contributed by atoms with Gasteiger partial charge in [0.15, 0.2) is 11.3 Å². The smallest absolute Gasteiger partial charge is 0.387 e. The zero-order chi connectivity index (χ0) is 29.9. The number of nitrogens with one attached hydrogen (secondary N) is 1. The van der Waals surface area contributed by atoms with E-state index in [1.165, 1.54) is 46.0 Å². The minimum absolute atomic E-state index is 0.104. The van der Waals surface area contributed by atoms with Crippen LogP contribution in [0, 0.1) is 0 Å². The molecule has 0 spiro atoms. The molecule has 2 saturated heterocycles. The number of hydrogen-bond acceptors (Lipinski definition) is 8. The van der Waals surface area contributed by atoms with E-state index >= 15 is 0 Å². The van der Waals surface area contributed by atoms with Gasteiger partial charge in [-0.3, -0.25) is 19.2 Å². The molecule has 0 saturated carbocycles. The second kappa shape index (κ2) is 12.6. The fraction of sp³-hybridized carbons (Fsp3) is 0.393. The molecule has 1 N–H and O–H groups in total. The topological polar surface area (TPSA) is 119 Å². The molecule has 0 atom stereocenters. The Morgan fingerprint density at radius 1 is 1.14 bits per heavy atom. The van der Waals surface area contributed by atoms with Gasteiger partial charge in [0.05, 0.1) is 25.1 Å². The van der Waals surface area contributed by atoms with Gasteiger partial charge in [0.25, 0.3) is 5.91 Å². The minimum Gasteiger partial charge on any atom is -0.434 e. The van der Waals surface area contributed by atoms with E-state index < -0.39 is 12.5 Å². The summed E-state index contributed by atoms with van der Waals surface area (Å²) in [5.41, 5.74) is 0.998. The molecular formula is C28H29ClF2N8O4. The van der Waals surface area contributed by atoms with E-state index in [0.717, 1.165) is 39.1 Å². The summed E-state index contributed by atoms with van der Waals surface area (Å²) >= 11 is 6.21. The van der Waals surface area contributed by atoms with E-state index in [4.69, 9.17) is 21.1 Å². The Morgan fingerprint density at radius 3 is 2.70 bits per heavy atom. The van der Waals surface area contributed by atoms with Gasteiger partial charge in [0.1, 0.15) is 18.0 Å². The van der Waals surface area contributed by atoms with Crippen molar-refractivity contribution < 1.29 is 27.8 Å². The fourth-order valence-corrected chi connectivity index (χ4v) is 5.68. The van der Waals surface area contributed by atoms with Gasteiger partial charge in [0, 0.05) is 55.2 Å². The highest BCUT2D eigenvalue weighted by molar-refractivity contribution is 6.31. The SMILES string of the molecule is O=C(Nc1cn(CC(=O)N2CCC(N3CCOCC3)CC2)nc1-c1cc(Cl)ccc1OC(F)F)c1cnc2cccnn12. The van der Waals surface area contributed by atoms with Crippen LogP contribution < -0.4 is 10.1 Å². The van der Waals surface area contributed by atoms with Crippen LogP contribution in [0.5, 0.6) is 5.75 Å². The van der Waals surface area contributed by atoms with Crippen LogP contribution in [0.25, 0.3) is 16.9 Å². The summed E-state index contributed by atoms with van der Waals surface area (Å²) in [5, 5.41) is 11.7. The first-order chi connectivity index (χ1) is 20.9. The van der Waals surface area contributed by atoms with Gasteiger partial charge in [-0.05, 0) is 43.2 Å². The number of imidazole rings is 1. The summed E-state index contributed by atoms with van der Waals surface area (Å²) in [5.74, 6) is -0.900. The van der Waals surface area contributed by atoms with Crippen molar-refractivity contribution in [2.24, 2.45) is 0 Å². The highest BCUT2D eigenvalue weighted by Crippen LogP contribution is 2.37. The van der Waals surface area contributed by atoms with Gasteiger partial charge in [-0.25, -0.2) is 9.50 Å². The summed E-state index contributed by atoms with van der Waals surface area (Å²) in [6, 6.07) is 7.92. The van der Waals surface area contributed by atoms with Crippen LogP contribution in [0.2, 0.25) is 5.02 Å². The molecule has 6 rings (SSSR count). The van der Waals surface area contributed by atoms with E-state index in [0.29, 0.717) is 24.8 Å². The standard InChI is InChI=1S/C28H29ClF2N8O4/c29-18-3-4-23(43-28(30)31)20(14-18)26-21(34-27(41)22-15-32-24-2-1-7-33-39(22)24)16-38(35-26)17-25(40)37-8-5-19(6-9-37)36-10-12-42-13-11-36/h1-4,7,14-16,19,28H,5-6,8-13,17H2,(H,34,41). The van der Waals surface area contributed by atoms with E-state index in [1.807, 2.05) is 0 Å². The molecule has 0 aliphatic carbocycles. The van der Waals surface area contributed by atoms with Gasteiger partial charge in [-0.2, -0.15) is 19.0 Å². The molecule has 43 heavy (non-hydrogen) atoms. The number of hydrogen-bond donors (Lipinski definition) is 1. The summed E-state index contributed by atoms with van der Waals surface area (Å²) in [6.45, 7) is 1.25. The quantitative estimate of drug-likeness (QED) is 0.321. The summed E-state index contributed by atoms with van der Waals surface area (Å²) in [4.78, 5) is 35.0. The molecule has 12 nitrogen and oxygen atoms in total. The number of rotatable bonds is 8. The third kappa shape index (κ3) is 6.45. The molecule has 226 valence electrons. The molecule has 5 heterocycles. The lowest BCUT2D eigenvalue weighted by molar-refractivity contribution is -0.133. The van der Waals surface area contributed by atoms with Crippen molar-refractivity contribution in [2.75, 3.05) is 44.7 Å². The van der Waals surface area contributed by atoms with E-state index in [2.05, 4.69) is 25.4 Å². The van der Waals surface area contributed by atoms with Crippen LogP contribution in [0.4, 0.5) is 14.5 Å². The number of piperidine rings is 1. The van der Waals surface area contributed by atoms with Gasteiger partial charge < -0.3 is 19.7 Å². The fourth-order valence-electron chi connectivity index (χ4n) is 5.51. The lowest BCUT2D eigenvalue weighted by atomic mass is 10.0. The molecule has 2 amide bonds. The predicted octanol–water partition coefficient (Wildman–Crippen LogP) is 3.42. The first kappa shape index (κ1) is 29.0. The maximum absolute atomic E-state index is 13.3. The number of aromatic nitrogens is 5. The number of fused-ring (bicyclic) bond motifs is 1. The number of alkyl halides is 2. The second-order valence-electron chi connectivity index (χ2n) is 10.3. The molecule has 0 radical (unpaired) electrons. The molecular weight excluding hydrogens is 586 g/mol. The van der Waals surface area contributed by atoms with Gasteiger partial charge >= 0.3 is 6.61 Å². The van der Waals surface area contributed by atoms with E-state index in [9.17, 15) is 18.4 Å². The Balaban J connectivity index is 1.25. The molecule has 0 unspecified atom stereocenters. The number of morpholine rings is 1. The number of anilines is 1. The number of nitrogens with zero attached hydrogens (tertiary/aromatic N) is 7. The third-order valence-electron chi connectivity index (χ3n) is 7.61. The Kier molecular flexibility index (Phi) is 8.49. The first-order valence-corrected chi connectivity index (χ1v) is 14.3. The van der Waals surface area contributed by atoms with Crippen LogP contribution in [0.1, 0.15) is 23.3 Å². The normalized spacial score (nSPS) is 16.6. The van der Waals surface area contributed by atoms with E-state index in [1.54, 1.807) is 17.0 Å². The molecule has 0 bridgehead atoms. The number of likely N-dealkylation sites (tertiary alicyclic amines) is 1. The maximum atomic E-state index is 13.3. The van der Waals surface area contributed by atoms with Crippen molar-refractivity contribution >= 4 is 34.7 Å². The first-order valence-electron chi connectivity index (χ1n) is 13.9. The van der Waals surface area contributed by atoms with E-state index in [-0.39, 0.29) is 45.9 Å². The summed E-state index contributed by atoms with van der Waals surface area (Å²) in [7, 11) is 0. The van der Waals surface area contributed by atoms with Crippen LogP contribution >= 0.6 is 11.6 Å². The number of benzene rings is 1. The number of carbonyl (C=O) groups excluding carboxylic acids is 2. The highest BCUT2D eigenvalue weighted by atomic mass is 35.5. The number of ether oxygens (including phenoxy) is 2. The molecule has 2 aliphatic rings. The largest absolute Gasteiger partial charge is 0.434 e. The van der Waals surface area contributed by atoms with Crippen molar-refractivity contribution in [2.45, 2.75) is 32.0 Å². The second-order valence-corrected chi connectivity index (χ2v) is 10.7. The van der Waals surface area contributed by atoms with Crippen molar-refractivity contribution in [3.05, 3.63) is 59.6 Å². The van der Waals surface area contributed by atoms with Crippen molar-refractivity contribution in [1.82, 2.24) is 34.2 Å². The number of carbonyl (C=O) groups is 2. The zero-order valence-corrected chi connectivity index (χ0v) is 23.8. The summed E-state index contributed by atoms with van der Waals surface area (Å²) in [6.07, 6.45) is 6.10. The Hall–Kier alpha value is -4.14. The molecule has 2 fully saturated rings. The molecule has 2 aliphatic heterocycles. The van der Waals surface area contributed by atoms with Crippen molar-refractivity contribution in [3.63, 3.8) is 0 Å². The molecule has 1 aromatic carbocycles. The lowest BCUT2D eigenvalue weighted by Gasteiger charge is -2.40. The molecule has 4 aromatic rings. The van der Waals surface area contributed by atoms with Crippen LogP contribution in [-0.2, 0) is 16.1 Å². The van der Waals surface area contributed by atoms with Crippen LogP contribution in [-0.4, -0.2) is 98.0 Å². The Morgan fingerprint density at radius 2 is 1.93 bits per heavy atom. The van der Waals surface area contributed by atoms with Gasteiger partial charge in [0.2, 0.25) is 5.91 Å². The predicted molar refractivity (Wildman–Crippen MR) is 152 cm³/mol. The highest BCUT2D eigenvalue weighted by Gasteiger charge is 2.29. The Bertz CT molecular complexity index is 1620. The number of halogens is 3. The summed E-state index contributed by atoms with van der Waals surface area (Å²) < 4.78 is 39.5. The molecule has 3 aromatic heterocycles. The van der Waals surface area contributed by atoms with Crippen molar-refractivity contribution in [1.29, 1.82) is 0 Å². The van der Waals surface area contributed by atoms with Gasteiger partial charge in [-0.15, -0.1) is 0 Å². The zero-order valence-electron chi connectivity index (χ0n) is 23.0. The van der Waals surface area contributed by atoms with Crippen LogP contribution in [0.3, 0.4) is 0 Å². The third-order valence-corrected chi connectivity index (χ3v) is 7.84. The monoisotopic (exact) mass is 614 g/mol. The minimum atomic E-state index is -3.11. The van der Waals surface area contributed by atoms with Crippen molar-refractivity contribution in [3.8, 4) is 17.0 Å². The lowest BCUT2D eigenvalue weighted by Crippen LogP contribution is -2.50. The molecule has 15 heteroatoms.